The molecular formula is C13H19N3O3. The number of amides is 2. The van der Waals surface area contributed by atoms with E-state index in [1.807, 2.05) is 13.0 Å². The first kappa shape index (κ1) is 14.9. The normalized spacial score (nSPS) is 13.4. The molecule has 0 aromatic carbocycles. The Labute approximate surface area is 112 Å². The molecule has 2 amide bonds. The molecule has 0 radical (unpaired) electrons. The molecule has 6 heteroatoms. The fourth-order valence-electron chi connectivity index (χ4n) is 1.65. The molecule has 0 fully saturated rings. The third kappa shape index (κ3) is 4.95. The van der Waals surface area contributed by atoms with Crippen LogP contribution in [0.2, 0.25) is 0 Å². The molecule has 0 bridgehead atoms. The summed E-state index contributed by atoms with van der Waals surface area (Å²) in [6, 6.07) is 3.77. The summed E-state index contributed by atoms with van der Waals surface area (Å²) in [7, 11) is 0. The molecule has 0 aliphatic heterocycles. The highest BCUT2D eigenvalue weighted by Gasteiger charge is 2.19. The second-order valence-electron chi connectivity index (χ2n) is 4.27. The molecule has 1 aromatic rings. The van der Waals surface area contributed by atoms with Crippen LogP contribution in [0.25, 0.3) is 0 Å². The highest BCUT2D eigenvalue weighted by molar-refractivity contribution is 5.82. The van der Waals surface area contributed by atoms with E-state index in [0.29, 0.717) is 12.8 Å². The second kappa shape index (κ2) is 7.35. The van der Waals surface area contributed by atoms with Gasteiger partial charge in [0, 0.05) is 6.20 Å². The number of urea groups is 1. The van der Waals surface area contributed by atoms with Gasteiger partial charge in [0.25, 0.3) is 0 Å². The number of carbonyl (C=O) groups excluding carboxylic acids is 1. The molecule has 0 spiro atoms. The van der Waals surface area contributed by atoms with Crippen LogP contribution in [0.1, 0.15) is 38.4 Å². The lowest BCUT2D eigenvalue weighted by Crippen LogP contribution is -2.46. The number of carbonyl (C=O) groups is 2. The number of hydrogen-bond acceptors (Lipinski definition) is 3. The van der Waals surface area contributed by atoms with Crippen LogP contribution in [0, 0.1) is 0 Å². The molecular weight excluding hydrogens is 246 g/mol. The lowest BCUT2D eigenvalue weighted by molar-refractivity contribution is -0.139. The Morgan fingerprint density at radius 3 is 2.63 bits per heavy atom. The summed E-state index contributed by atoms with van der Waals surface area (Å²) in [6.07, 6.45) is 2.73. The fourth-order valence-corrected chi connectivity index (χ4v) is 1.65. The third-order valence-electron chi connectivity index (χ3n) is 2.66. The average molecular weight is 265 g/mol. The summed E-state index contributed by atoms with van der Waals surface area (Å²) in [5, 5.41) is 14.1. The number of hydrogen-bond donors (Lipinski definition) is 3. The number of nitrogens with one attached hydrogen (secondary N) is 2. The van der Waals surface area contributed by atoms with E-state index in [2.05, 4.69) is 15.6 Å². The SMILES string of the molecule is CCC[C@H](NC(=O)NC(C)c1ccccn1)C(=O)O. The Morgan fingerprint density at radius 1 is 1.37 bits per heavy atom. The summed E-state index contributed by atoms with van der Waals surface area (Å²) in [5.74, 6) is -1.03. The molecule has 0 aliphatic rings. The quantitative estimate of drug-likeness (QED) is 0.730. The molecule has 0 aliphatic carbocycles. The number of rotatable bonds is 6. The maximum absolute atomic E-state index is 11.7. The van der Waals surface area contributed by atoms with Crippen molar-refractivity contribution < 1.29 is 14.7 Å². The Hall–Kier alpha value is -2.11. The van der Waals surface area contributed by atoms with Gasteiger partial charge < -0.3 is 15.7 Å². The molecule has 19 heavy (non-hydrogen) atoms. The van der Waals surface area contributed by atoms with Gasteiger partial charge in [-0.3, -0.25) is 4.98 Å². The maximum atomic E-state index is 11.7. The summed E-state index contributed by atoms with van der Waals surface area (Å²) >= 11 is 0. The van der Waals surface area contributed by atoms with Crippen LogP contribution in [-0.2, 0) is 4.79 Å². The van der Waals surface area contributed by atoms with Crippen LogP contribution >= 0.6 is 0 Å². The summed E-state index contributed by atoms with van der Waals surface area (Å²) in [4.78, 5) is 26.8. The van der Waals surface area contributed by atoms with Crippen molar-refractivity contribution in [2.45, 2.75) is 38.8 Å². The molecule has 6 nitrogen and oxygen atoms in total. The maximum Gasteiger partial charge on any atom is 0.326 e. The molecule has 1 heterocycles. The van der Waals surface area contributed by atoms with Gasteiger partial charge in [0.05, 0.1) is 11.7 Å². The van der Waals surface area contributed by atoms with Gasteiger partial charge in [-0.2, -0.15) is 0 Å². The molecule has 0 saturated carbocycles. The second-order valence-corrected chi connectivity index (χ2v) is 4.27. The first-order valence-corrected chi connectivity index (χ1v) is 6.25. The predicted octanol–water partition coefficient (Wildman–Crippen LogP) is 1.70. The molecule has 3 N–H and O–H groups in total. The van der Waals surface area contributed by atoms with E-state index in [4.69, 9.17) is 5.11 Å². The number of nitrogens with zero attached hydrogens (tertiary/aromatic N) is 1. The van der Waals surface area contributed by atoms with Gasteiger partial charge in [-0.05, 0) is 25.5 Å². The standard InChI is InChI=1S/C13H19N3O3/c1-3-6-11(12(17)18)16-13(19)15-9(2)10-7-4-5-8-14-10/h4-5,7-9,11H,3,6H2,1-2H3,(H,17,18)(H2,15,16,19)/t9?,11-/m0/s1. The minimum Gasteiger partial charge on any atom is -0.480 e. The van der Waals surface area contributed by atoms with Crippen LogP contribution in [0.5, 0.6) is 0 Å². The fraction of sp³-hybridized carbons (Fsp3) is 0.462. The van der Waals surface area contributed by atoms with Crippen LogP contribution in [0.3, 0.4) is 0 Å². The highest BCUT2D eigenvalue weighted by atomic mass is 16.4. The zero-order valence-corrected chi connectivity index (χ0v) is 11.1. The minimum atomic E-state index is -1.03. The van der Waals surface area contributed by atoms with Crippen molar-refractivity contribution >= 4 is 12.0 Å². The third-order valence-corrected chi connectivity index (χ3v) is 2.66. The van der Waals surface area contributed by atoms with Crippen molar-refractivity contribution in [2.75, 3.05) is 0 Å². The smallest absolute Gasteiger partial charge is 0.326 e. The summed E-state index contributed by atoms with van der Waals surface area (Å²) < 4.78 is 0. The van der Waals surface area contributed by atoms with Crippen molar-refractivity contribution in [1.29, 1.82) is 0 Å². The molecule has 2 atom stereocenters. The number of carboxylic acid groups (broad SMARTS) is 1. The van der Waals surface area contributed by atoms with Gasteiger partial charge in [-0.1, -0.05) is 19.4 Å². The van der Waals surface area contributed by atoms with Crippen molar-refractivity contribution in [3.8, 4) is 0 Å². The van der Waals surface area contributed by atoms with Gasteiger partial charge in [-0.15, -0.1) is 0 Å². The van der Waals surface area contributed by atoms with E-state index in [1.165, 1.54) is 0 Å². The lowest BCUT2D eigenvalue weighted by Gasteiger charge is -2.17. The average Bonchev–Trinajstić information content (AvgIpc) is 2.39. The first-order chi connectivity index (χ1) is 9.04. The molecule has 0 saturated heterocycles. The first-order valence-electron chi connectivity index (χ1n) is 6.25. The topological polar surface area (TPSA) is 91.3 Å². The van der Waals surface area contributed by atoms with Crippen LogP contribution < -0.4 is 10.6 Å². The van der Waals surface area contributed by atoms with Crippen LogP contribution in [0.4, 0.5) is 4.79 Å². The van der Waals surface area contributed by atoms with Crippen molar-refractivity contribution in [3.63, 3.8) is 0 Å². The highest BCUT2D eigenvalue weighted by Crippen LogP contribution is 2.07. The number of carboxylic acids is 1. The summed E-state index contributed by atoms with van der Waals surface area (Å²) in [6.45, 7) is 3.66. The molecule has 1 unspecified atom stereocenters. The van der Waals surface area contributed by atoms with Gasteiger partial charge in [0.2, 0.25) is 0 Å². The number of aliphatic carboxylic acids is 1. The minimum absolute atomic E-state index is 0.280. The van der Waals surface area contributed by atoms with E-state index in [9.17, 15) is 9.59 Å². The Kier molecular flexibility index (Phi) is 5.78. The molecule has 1 rings (SSSR count). The molecule has 104 valence electrons. The Morgan fingerprint density at radius 2 is 2.11 bits per heavy atom. The van der Waals surface area contributed by atoms with E-state index in [1.54, 1.807) is 25.3 Å². The van der Waals surface area contributed by atoms with Crippen molar-refractivity contribution in [2.24, 2.45) is 0 Å². The monoisotopic (exact) mass is 265 g/mol. The lowest BCUT2D eigenvalue weighted by atomic mass is 10.2. The zero-order chi connectivity index (χ0) is 14.3. The van der Waals surface area contributed by atoms with Gasteiger partial charge in [0.1, 0.15) is 6.04 Å². The molecule has 1 aromatic heterocycles. The van der Waals surface area contributed by atoms with Gasteiger partial charge >= 0.3 is 12.0 Å². The number of pyridine rings is 1. The van der Waals surface area contributed by atoms with E-state index in [0.717, 1.165) is 5.69 Å². The Bertz CT molecular complexity index is 422. The van der Waals surface area contributed by atoms with Gasteiger partial charge in [-0.25, -0.2) is 9.59 Å². The zero-order valence-electron chi connectivity index (χ0n) is 11.1. The van der Waals surface area contributed by atoms with Gasteiger partial charge in [0.15, 0.2) is 0 Å². The Balaban J connectivity index is 2.52. The van der Waals surface area contributed by atoms with E-state index < -0.39 is 18.0 Å². The number of aromatic nitrogens is 1. The summed E-state index contributed by atoms with van der Waals surface area (Å²) in [5.41, 5.74) is 0.722. The van der Waals surface area contributed by atoms with Crippen molar-refractivity contribution in [3.05, 3.63) is 30.1 Å². The van der Waals surface area contributed by atoms with Crippen molar-refractivity contribution in [1.82, 2.24) is 15.6 Å². The van der Waals surface area contributed by atoms with E-state index >= 15 is 0 Å². The largest absolute Gasteiger partial charge is 0.480 e. The van der Waals surface area contributed by atoms with Crippen LogP contribution in [0.15, 0.2) is 24.4 Å². The van der Waals surface area contributed by atoms with Crippen LogP contribution in [-0.4, -0.2) is 28.1 Å². The predicted molar refractivity (Wildman–Crippen MR) is 70.7 cm³/mol. The van der Waals surface area contributed by atoms with E-state index in [-0.39, 0.29) is 6.04 Å².